The maximum absolute atomic E-state index is 6.14. The van der Waals surface area contributed by atoms with Gasteiger partial charge in [-0.25, -0.2) is 0 Å². The van der Waals surface area contributed by atoms with E-state index in [1.807, 2.05) is 37.3 Å². The van der Waals surface area contributed by atoms with Gasteiger partial charge in [-0.05, 0) is 42.3 Å². The first-order chi connectivity index (χ1) is 7.58. The van der Waals surface area contributed by atoms with Gasteiger partial charge in [-0.1, -0.05) is 35.3 Å². The summed E-state index contributed by atoms with van der Waals surface area (Å²) in [6.45, 7) is 1.97. The minimum Gasteiger partial charge on any atom is -0.399 e. The number of benzene rings is 2. The zero-order valence-electron chi connectivity index (χ0n) is 8.80. The summed E-state index contributed by atoms with van der Waals surface area (Å²) in [4.78, 5) is 0. The predicted octanol–water partition coefficient (Wildman–Crippen LogP) is 4.55. The molecule has 0 atom stereocenters. The SMILES string of the molecule is Cc1cc(-c2ccc(Cl)cc2Cl)ccc1N. The van der Waals surface area contributed by atoms with E-state index in [1.54, 1.807) is 6.07 Å². The highest BCUT2D eigenvalue weighted by molar-refractivity contribution is 6.36. The van der Waals surface area contributed by atoms with Crippen LogP contribution >= 0.6 is 23.2 Å². The van der Waals surface area contributed by atoms with Gasteiger partial charge in [0.15, 0.2) is 0 Å². The standard InChI is InChI=1S/C13H11Cl2N/c1-8-6-9(2-5-13(8)16)11-4-3-10(14)7-12(11)15/h2-7H,16H2,1H3. The number of hydrogen-bond donors (Lipinski definition) is 1. The van der Waals surface area contributed by atoms with Crippen molar-refractivity contribution in [2.75, 3.05) is 5.73 Å². The molecule has 2 aromatic rings. The molecule has 0 aliphatic rings. The molecule has 2 N–H and O–H groups in total. The average Bonchev–Trinajstić information content (AvgIpc) is 2.22. The Balaban J connectivity index is 2.54. The van der Waals surface area contributed by atoms with Gasteiger partial charge in [-0.15, -0.1) is 0 Å². The Kier molecular flexibility index (Phi) is 3.08. The van der Waals surface area contributed by atoms with Crippen molar-refractivity contribution in [1.82, 2.24) is 0 Å². The molecule has 0 saturated heterocycles. The Bertz CT molecular complexity index is 535. The highest BCUT2D eigenvalue weighted by Crippen LogP contribution is 2.31. The molecule has 1 nitrogen and oxygen atoms in total. The van der Waals surface area contributed by atoms with Crippen LogP contribution in [0.1, 0.15) is 5.56 Å². The third kappa shape index (κ3) is 2.16. The number of aryl methyl sites for hydroxylation is 1. The smallest absolute Gasteiger partial charge is 0.0499 e. The van der Waals surface area contributed by atoms with Crippen LogP contribution in [0, 0.1) is 6.92 Å². The zero-order chi connectivity index (χ0) is 11.7. The zero-order valence-corrected chi connectivity index (χ0v) is 10.3. The van der Waals surface area contributed by atoms with Crippen LogP contribution in [0.4, 0.5) is 5.69 Å². The molecule has 0 aliphatic carbocycles. The van der Waals surface area contributed by atoms with Crippen molar-refractivity contribution in [2.24, 2.45) is 0 Å². The van der Waals surface area contributed by atoms with Gasteiger partial charge in [-0.2, -0.15) is 0 Å². The van der Waals surface area contributed by atoms with Gasteiger partial charge in [0.05, 0.1) is 0 Å². The van der Waals surface area contributed by atoms with Gasteiger partial charge in [-0.3, -0.25) is 0 Å². The van der Waals surface area contributed by atoms with Crippen molar-refractivity contribution >= 4 is 28.9 Å². The van der Waals surface area contributed by atoms with E-state index in [4.69, 9.17) is 28.9 Å². The topological polar surface area (TPSA) is 26.0 Å². The average molecular weight is 252 g/mol. The van der Waals surface area contributed by atoms with Crippen LogP contribution in [0.3, 0.4) is 0 Å². The van der Waals surface area contributed by atoms with Crippen molar-refractivity contribution in [3.63, 3.8) is 0 Å². The summed E-state index contributed by atoms with van der Waals surface area (Å²) >= 11 is 12.0. The van der Waals surface area contributed by atoms with Gasteiger partial charge in [0, 0.05) is 21.3 Å². The molecule has 2 rings (SSSR count). The summed E-state index contributed by atoms with van der Waals surface area (Å²) in [5.74, 6) is 0. The molecule has 82 valence electrons. The largest absolute Gasteiger partial charge is 0.399 e. The van der Waals surface area contributed by atoms with Gasteiger partial charge < -0.3 is 5.73 Å². The van der Waals surface area contributed by atoms with E-state index < -0.39 is 0 Å². The third-order valence-corrected chi connectivity index (χ3v) is 3.06. The second-order valence-corrected chi connectivity index (χ2v) is 4.54. The van der Waals surface area contributed by atoms with Crippen LogP contribution in [0.2, 0.25) is 10.0 Å². The Labute approximate surface area is 105 Å². The van der Waals surface area contributed by atoms with E-state index in [9.17, 15) is 0 Å². The quantitative estimate of drug-likeness (QED) is 0.740. The molecule has 0 aromatic heterocycles. The molecule has 0 spiro atoms. The monoisotopic (exact) mass is 251 g/mol. The minimum atomic E-state index is 0.640. The summed E-state index contributed by atoms with van der Waals surface area (Å²) < 4.78 is 0. The van der Waals surface area contributed by atoms with Crippen molar-refractivity contribution < 1.29 is 0 Å². The highest BCUT2D eigenvalue weighted by atomic mass is 35.5. The Morgan fingerprint density at radius 2 is 1.75 bits per heavy atom. The van der Waals surface area contributed by atoms with Crippen LogP contribution in [0.25, 0.3) is 11.1 Å². The summed E-state index contributed by atoms with van der Waals surface area (Å²) in [5, 5.41) is 1.29. The molecule has 0 saturated carbocycles. The van der Waals surface area contributed by atoms with E-state index in [-0.39, 0.29) is 0 Å². The summed E-state index contributed by atoms with van der Waals surface area (Å²) in [5.41, 5.74) is 9.62. The van der Waals surface area contributed by atoms with E-state index >= 15 is 0 Å². The molecule has 16 heavy (non-hydrogen) atoms. The fraction of sp³-hybridized carbons (Fsp3) is 0.0769. The Morgan fingerprint density at radius 1 is 1.00 bits per heavy atom. The molecule has 0 unspecified atom stereocenters. The predicted molar refractivity (Wildman–Crippen MR) is 71.0 cm³/mol. The lowest BCUT2D eigenvalue weighted by Crippen LogP contribution is -1.89. The molecule has 0 fully saturated rings. The number of rotatable bonds is 1. The maximum atomic E-state index is 6.14. The summed E-state index contributed by atoms with van der Waals surface area (Å²) in [7, 11) is 0. The fourth-order valence-electron chi connectivity index (χ4n) is 1.57. The lowest BCUT2D eigenvalue weighted by atomic mass is 10.0. The fourth-order valence-corrected chi connectivity index (χ4v) is 2.08. The first-order valence-electron chi connectivity index (χ1n) is 4.89. The second kappa shape index (κ2) is 4.36. The molecule has 0 bridgehead atoms. The van der Waals surface area contributed by atoms with Crippen molar-refractivity contribution in [3.05, 3.63) is 52.0 Å². The number of halogens is 2. The number of hydrogen-bond acceptors (Lipinski definition) is 1. The molecular weight excluding hydrogens is 241 g/mol. The Hall–Kier alpha value is -1.18. The first-order valence-corrected chi connectivity index (χ1v) is 5.65. The molecule has 2 aromatic carbocycles. The van der Waals surface area contributed by atoms with Gasteiger partial charge in [0.25, 0.3) is 0 Å². The highest BCUT2D eigenvalue weighted by Gasteiger charge is 2.05. The van der Waals surface area contributed by atoms with Crippen molar-refractivity contribution in [2.45, 2.75) is 6.92 Å². The summed E-state index contributed by atoms with van der Waals surface area (Å²) in [6.07, 6.45) is 0. The third-order valence-electron chi connectivity index (χ3n) is 2.51. The molecule has 0 heterocycles. The molecule has 0 amide bonds. The molecule has 0 radical (unpaired) electrons. The van der Waals surface area contributed by atoms with Gasteiger partial charge in [0.1, 0.15) is 0 Å². The summed E-state index contributed by atoms with van der Waals surface area (Å²) in [6, 6.07) is 11.3. The van der Waals surface area contributed by atoms with Crippen LogP contribution < -0.4 is 5.73 Å². The number of nitrogens with two attached hydrogens (primary N) is 1. The van der Waals surface area contributed by atoms with Gasteiger partial charge >= 0.3 is 0 Å². The van der Waals surface area contributed by atoms with E-state index in [2.05, 4.69) is 0 Å². The number of nitrogen functional groups attached to an aromatic ring is 1. The van der Waals surface area contributed by atoms with Gasteiger partial charge in [0.2, 0.25) is 0 Å². The van der Waals surface area contributed by atoms with Crippen LogP contribution in [-0.2, 0) is 0 Å². The normalized spacial score (nSPS) is 10.4. The molecular formula is C13H11Cl2N. The van der Waals surface area contributed by atoms with E-state index in [1.165, 1.54) is 0 Å². The van der Waals surface area contributed by atoms with E-state index in [0.29, 0.717) is 10.0 Å². The van der Waals surface area contributed by atoms with Crippen molar-refractivity contribution in [3.8, 4) is 11.1 Å². The number of anilines is 1. The van der Waals surface area contributed by atoms with Crippen LogP contribution in [0.15, 0.2) is 36.4 Å². The lowest BCUT2D eigenvalue weighted by molar-refractivity contribution is 1.46. The molecule has 3 heteroatoms. The second-order valence-electron chi connectivity index (χ2n) is 3.70. The molecule has 0 aliphatic heterocycles. The first kappa shape index (κ1) is 11.3. The lowest BCUT2D eigenvalue weighted by Gasteiger charge is -2.07. The Morgan fingerprint density at radius 3 is 2.38 bits per heavy atom. The minimum absolute atomic E-state index is 0.640. The maximum Gasteiger partial charge on any atom is 0.0499 e. The van der Waals surface area contributed by atoms with E-state index in [0.717, 1.165) is 22.4 Å². The van der Waals surface area contributed by atoms with Crippen molar-refractivity contribution in [1.29, 1.82) is 0 Å². The van der Waals surface area contributed by atoms with Crippen LogP contribution in [-0.4, -0.2) is 0 Å². The van der Waals surface area contributed by atoms with Crippen LogP contribution in [0.5, 0.6) is 0 Å².